The third-order valence-corrected chi connectivity index (χ3v) is 5.01. The quantitative estimate of drug-likeness (QED) is 0.816. The van der Waals surface area contributed by atoms with Gasteiger partial charge in [0, 0.05) is 51.1 Å². The molecule has 140 valence electrons. The molecule has 6 heteroatoms. The van der Waals surface area contributed by atoms with Crippen molar-refractivity contribution >= 4 is 16.7 Å². The normalized spacial score (nSPS) is 20.9. The smallest absolute Gasteiger partial charge is 0.255 e. The molecule has 0 radical (unpaired) electrons. The minimum atomic E-state index is -1.33. The lowest BCUT2D eigenvalue weighted by Crippen LogP contribution is -2.58. The predicted molar refractivity (Wildman–Crippen MR) is 101 cm³/mol. The van der Waals surface area contributed by atoms with Crippen molar-refractivity contribution in [2.45, 2.75) is 25.0 Å². The lowest BCUT2D eigenvalue weighted by atomic mass is 9.91. The van der Waals surface area contributed by atoms with Gasteiger partial charge in [-0.15, -0.1) is 0 Å². The maximum Gasteiger partial charge on any atom is 0.255 e. The minimum absolute atomic E-state index is 0.185. The van der Waals surface area contributed by atoms with Gasteiger partial charge in [-0.3, -0.25) is 14.7 Å². The molecule has 1 atom stereocenters. The van der Waals surface area contributed by atoms with Crippen molar-refractivity contribution in [2.75, 3.05) is 40.4 Å². The maximum atomic E-state index is 12.7. The largest absolute Gasteiger partial charge is 0.383 e. The fourth-order valence-electron chi connectivity index (χ4n) is 3.75. The van der Waals surface area contributed by atoms with Gasteiger partial charge in [-0.1, -0.05) is 18.2 Å². The molecule has 1 saturated heterocycles. The van der Waals surface area contributed by atoms with Crippen molar-refractivity contribution in [1.82, 2.24) is 14.8 Å². The molecule has 1 aromatic carbocycles. The number of hydrogen-bond acceptors (Lipinski definition) is 5. The molecule has 2 aromatic rings. The van der Waals surface area contributed by atoms with Gasteiger partial charge in [0.2, 0.25) is 0 Å². The van der Waals surface area contributed by atoms with E-state index in [9.17, 15) is 9.90 Å². The predicted octanol–water partition coefficient (Wildman–Crippen LogP) is 1.67. The van der Waals surface area contributed by atoms with Gasteiger partial charge in [-0.25, -0.2) is 0 Å². The van der Waals surface area contributed by atoms with E-state index in [0.29, 0.717) is 39.2 Å². The summed E-state index contributed by atoms with van der Waals surface area (Å²) in [6.45, 7) is 2.68. The van der Waals surface area contributed by atoms with Crippen LogP contribution in [0.3, 0.4) is 0 Å². The van der Waals surface area contributed by atoms with Crippen LogP contribution < -0.4 is 0 Å². The van der Waals surface area contributed by atoms with Crippen molar-refractivity contribution in [3.05, 3.63) is 42.2 Å². The fraction of sp³-hybridized carbons (Fsp3) is 0.500. The Hall–Kier alpha value is -2.02. The number of amides is 1. The molecule has 1 amide bonds. The van der Waals surface area contributed by atoms with Crippen molar-refractivity contribution in [1.29, 1.82) is 0 Å². The highest BCUT2D eigenvalue weighted by atomic mass is 16.5. The Balaban J connectivity index is 1.70. The van der Waals surface area contributed by atoms with Crippen LogP contribution in [0.2, 0.25) is 0 Å². The zero-order valence-corrected chi connectivity index (χ0v) is 15.5. The summed E-state index contributed by atoms with van der Waals surface area (Å²) in [6, 6.07) is 8.14. The van der Waals surface area contributed by atoms with Gasteiger partial charge in [-0.05, 0) is 36.9 Å². The number of benzene rings is 1. The number of carbonyl (C=O) groups is 1. The van der Waals surface area contributed by atoms with Gasteiger partial charge in [-0.2, -0.15) is 0 Å². The van der Waals surface area contributed by atoms with Crippen LogP contribution in [0.15, 0.2) is 36.7 Å². The van der Waals surface area contributed by atoms with Crippen LogP contribution in [0.4, 0.5) is 0 Å². The topological polar surface area (TPSA) is 65.9 Å². The minimum Gasteiger partial charge on any atom is -0.383 e. The number of likely N-dealkylation sites (tertiary alicyclic amines) is 1. The average molecular weight is 357 g/mol. The number of rotatable bonds is 7. The summed E-state index contributed by atoms with van der Waals surface area (Å²) in [4.78, 5) is 20.6. The van der Waals surface area contributed by atoms with Crippen LogP contribution in [-0.4, -0.2) is 71.8 Å². The Morgan fingerprint density at radius 1 is 1.38 bits per heavy atom. The number of pyridine rings is 1. The first-order valence-corrected chi connectivity index (χ1v) is 9.04. The van der Waals surface area contributed by atoms with Crippen LogP contribution in [-0.2, 0) is 16.1 Å². The van der Waals surface area contributed by atoms with Gasteiger partial charge in [0.25, 0.3) is 5.91 Å². The number of aromatic nitrogens is 1. The second-order valence-electron chi connectivity index (χ2n) is 7.11. The molecule has 2 heterocycles. The van der Waals surface area contributed by atoms with E-state index in [4.69, 9.17) is 4.74 Å². The molecule has 0 bridgehead atoms. The molecular weight excluding hydrogens is 330 g/mol. The highest BCUT2D eigenvalue weighted by Gasteiger charge is 2.42. The van der Waals surface area contributed by atoms with E-state index in [1.54, 1.807) is 18.2 Å². The molecule has 0 aliphatic carbocycles. The number of likely N-dealkylation sites (N-methyl/N-ethyl adjacent to an activating group) is 1. The van der Waals surface area contributed by atoms with Gasteiger partial charge >= 0.3 is 0 Å². The first-order chi connectivity index (χ1) is 12.5. The Labute approximate surface area is 154 Å². The molecule has 26 heavy (non-hydrogen) atoms. The highest BCUT2D eigenvalue weighted by Crippen LogP contribution is 2.25. The van der Waals surface area contributed by atoms with Gasteiger partial charge in [0.05, 0.1) is 6.61 Å². The number of carbonyl (C=O) groups excluding carboxylic acids is 1. The first-order valence-electron chi connectivity index (χ1n) is 9.04. The van der Waals surface area contributed by atoms with Crippen molar-refractivity contribution in [3.8, 4) is 0 Å². The van der Waals surface area contributed by atoms with Crippen LogP contribution in [0.25, 0.3) is 10.8 Å². The van der Waals surface area contributed by atoms with E-state index in [-0.39, 0.29) is 5.91 Å². The summed E-state index contributed by atoms with van der Waals surface area (Å²) in [5.41, 5.74) is -0.164. The molecule has 6 nitrogen and oxygen atoms in total. The molecule has 1 fully saturated rings. The molecule has 0 unspecified atom stereocenters. The standard InChI is InChI=1S/C20H27N3O3/c1-22(14-17-6-3-5-16-13-21-9-7-18(16)17)15-20(25)8-4-10-23(19(20)24)11-12-26-2/h3,5-7,9,13,25H,4,8,10-12,14-15H2,1-2H3/t20-/m0/s1. The zero-order valence-electron chi connectivity index (χ0n) is 15.5. The molecular formula is C20H27N3O3. The average Bonchev–Trinajstić information content (AvgIpc) is 2.63. The third-order valence-electron chi connectivity index (χ3n) is 5.01. The van der Waals surface area contributed by atoms with Crippen molar-refractivity contribution in [3.63, 3.8) is 0 Å². The fourth-order valence-corrected chi connectivity index (χ4v) is 3.75. The number of fused-ring (bicyclic) bond motifs is 1. The highest BCUT2D eigenvalue weighted by molar-refractivity contribution is 5.86. The number of hydrogen-bond donors (Lipinski definition) is 1. The van der Waals surface area contributed by atoms with E-state index in [1.165, 1.54) is 0 Å². The molecule has 0 saturated carbocycles. The lowest BCUT2D eigenvalue weighted by molar-refractivity contribution is -0.159. The van der Waals surface area contributed by atoms with Crippen LogP contribution in [0.5, 0.6) is 0 Å². The Bertz CT molecular complexity index is 762. The second kappa shape index (κ2) is 8.12. The van der Waals surface area contributed by atoms with Gasteiger partial charge in [0.15, 0.2) is 5.60 Å². The SMILES string of the molecule is COCCN1CCC[C@](O)(CN(C)Cc2cccc3cnccc23)C1=O. The van der Waals surface area contributed by atoms with E-state index in [2.05, 4.69) is 11.1 Å². The zero-order chi connectivity index (χ0) is 18.6. The van der Waals surface area contributed by atoms with Crippen molar-refractivity contribution < 1.29 is 14.6 Å². The molecule has 1 aromatic heterocycles. The lowest BCUT2D eigenvalue weighted by Gasteiger charge is -2.40. The van der Waals surface area contributed by atoms with Crippen molar-refractivity contribution in [2.24, 2.45) is 0 Å². The van der Waals surface area contributed by atoms with Crippen LogP contribution in [0.1, 0.15) is 18.4 Å². The van der Waals surface area contributed by atoms with E-state index in [1.807, 2.05) is 36.3 Å². The molecule has 3 rings (SSSR count). The summed E-state index contributed by atoms with van der Waals surface area (Å²) in [7, 11) is 3.56. The molecule has 1 aliphatic rings. The Kier molecular flexibility index (Phi) is 5.86. The summed E-state index contributed by atoms with van der Waals surface area (Å²) in [5, 5.41) is 13.2. The first kappa shape index (κ1) is 18.8. The molecule has 0 spiro atoms. The number of methoxy groups -OCH3 is 1. The molecule has 1 aliphatic heterocycles. The Morgan fingerprint density at radius 3 is 3.04 bits per heavy atom. The Morgan fingerprint density at radius 2 is 2.23 bits per heavy atom. The molecule has 1 N–H and O–H groups in total. The summed E-state index contributed by atoms with van der Waals surface area (Å²) in [5.74, 6) is -0.185. The van der Waals surface area contributed by atoms with Crippen LogP contribution in [0, 0.1) is 0 Å². The van der Waals surface area contributed by atoms with Gasteiger partial charge in [0.1, 0.15) is 0 Å². The summed E-state index contributed by atoms with van der Waals surface area (Å²) >= 11 is 0. The number of aliphatic hydroxyl groups is 1. The van der Waals surface area contributed by atoms with E-state index >= 15 is 0 Å². The van der Waals surface area contributed by atoms with Crippen LogP contribution >= 0.6 is 0 Å². The monoisotopic (exact) mass is 357 g/mol. The summed E-state index contributed by atoms with van der Waals surface area (Å²) in [6.07, 6.45) is 4.95. The van der Waals surface area contributed by atoms with E-state index in [0.717, 1.165) is 22.8 Å². The second-order valence-corrected chi connectivity index (χ2v) is 7.11. The maximum absolute atomic E-state index is 12.7. The number of ether oxygens (including phenoxy) is 1. The van der Waals surface area contributed by atoms with E-state index < -0.39 is 5.60 Å². The number of nitrogens with zero attached hydrogens (tertiary/aromatic N) is 3. The third kappa shape index (κ3) is 4.03. The van der Waals surface area contributed by atoms with Gasteiger partial charge < -0.3 is 14.7 Å². The summed E-state index contributed by atoms with van der Waals surface area (Å²) < 4.78 is 5.07. The number of piperidine rings is 1.